The van der Waals surface area contributed by atoms with E-state index in [0.29, 0.717) is 38.0 Å². The van der Waals surface area contributed by atoms with Gasteiger partial charge in [-0.25, -0.2) is 4.98 Å². The third-order valence-corrected chi connectivity index (χ3v) is 7.45. The molecular weight excluding hydrogens is 434 g/mol. The van der Waals surface area contributed by atoms with Crippen LogP contribution in [0.5, 0.6) is 0 Å². The van der Waals surface area contributed by atoms with Gasteiger partial charge in [-0.2, -0.15) is 5.10 Å². The number of carbonyl (C=O) groups is 1. The second-order valence-corrected chi connectivity index (χ2v) is 9.57. The van der Waals surface area contributed by atoms with Gasteiger partial charge in [0.05, 0.1) is 23.9 Å². The maximum atomic E-state index is 13.2. The van der Waals surface area contributed by atoms with Crippen LogP contribution in [-0.2, 0) is 30.5 Å². The highest BCUT2D eigenvalue weighted by Gasteiger charge is 2.31. The van der Waals surface area contributed by atoms with Gasteiger partial charge in [0, 0.05) is 60.8 Å². The summed E-state index contributed by atoms with van der Waals surface area (Å²) in [5.41, 5.74) is 5.24. The summed E-state index contributed by atoms with van der Waals surface area (Å²) in [5.74, 6) is 0.0543. The molecule has 0 bridgehead atoms. The van der Waals surface area contributed by atoms with Gasteiger partial charge in [-0.1, -0.05) is 30.3 Å². The lowest BCUT2D eigenvalue weighted by molar-refractivity contribution is 0.0297. The Morgan fingerprint density at radius 3 is 2.85 bits per heavy atom. The normalized spacial score (nSPS) is 18.3. The minimum absolute atomic E-state index is 0.0543. The number of morpholine rings is 1. The van der Waals surface area contributed by atoms with E-state index < -0.39 is 0 Å². The first-order valence-corrected chi connectivity index (χ1v) is 12.8. The molecule has 8 heteroatoms. The Morgan fingerprint density at radius 1 is 1.24 bits per heavy atom. The zero-order valence-electron chi connectivity index (χ0n) is 19.1. The number of aromatic nitrogens is 3. The number of ether oxygens (including phenoxy) is 1. The molecule has 3 aromatic rings. The van der Waals surface area contributed by atoms with Crippen molar-refractivity contribution in [1.29, 1.82) is 0 Å². The topological polar surface area (TPSA) is 72.3 Å². The van der Waals surface area contributed by atoms with Gasteiger partial charge in [-0.15, -0.1) is 11.3 Å². The molecular formula is C25H31N5O2S. The van der Waals surface area contributed by atoms with E-state index in [1.165, 1.54) is 5.69 Å². The molecule has 5 rings (SSSR count). The van der Waals surface area contributed by atoms with Crippen molar-refractivity contribution in [1.82, 2.24) is 25.0 Å². The quantitative estimate of drug-likeness (QED) is 0.580. The van der Waals surface area contributed by atoms with Crippen LogP contribution in [0.25, 0.3) is 11.3 Å². The molecule has 0 saturated carbocycles. The molecule has 1 aliphatic heterocycles. The van der Waals surface area contributed by atoms with E-state index in [1.807, 2.05) is 27.8 Å². The number of nitrogens with zero attached hydrogens (tertiary/aromatic N) is 4. The summed E-state index contributed by atoms with van der Waals surface area (Å²) < 4.78 is 7.44. The van der Waals surface area contributed by atoms with E-state index in [-0.39, 0.29) is 5.91 Å². The van der Waals surface area contributed by atoms with Crippen LogP contribution in [0.1, 0.15) is 40.1 Å². The summed E-state index contributed by atoms with van der Waals surface area (Å²) >= 11 is 1.72. The van der Waals surface area contributed by atoms with Crippen molar-refractivity contribution in [2.24, 2.45) is 0 Å². The molecule has 1 unspecified atom stereocenters. The lowest BCUT2D eigenvalue weighted by Crippen LogP contribution is -2.42. The van der Waals surface area contributed by atoms with Crippen LogP contribution in [0.3, 0.4) is 0 Å². The Morgan fingerprint density at radius 2 is 2.06 bits per heavy atom. The van der Waals surface area contributed by atoms with Crippen molar-refractivity contribution in [3.8, 4) is 11.3 Å². The van der Waals surface area contributed by atoms with E-state index >= 15 is 0 Å². The first-order valence-electron chi connectivity index (χ1n) is 11.9. The lowest BCUT2D eigenvalue weighted by Gasteiger charge is -2.27. The second kappa shape index (κ2) is 10.2. The van der Waals surface area contributed by atoms with E-state index in [9.17, 15) is 4.79 Å². The lowest BCUT2D eigenvalue weighted by atomic mass is 9.91. The monoisotopic (exact) mass is 465 g/mol. The maximum absolute atomic E-state index is 13.2. The molecule has 174 valence electrons. The number of carbonyl (C=O) groups excluding carboxylic acids is 1. The van der Waals surface area contributed by atoms with Gasteiger partial charge in [-0.05, 0) is 26.2 Å². The van der Waals surface area contributed by atoms with E-state index in [2.05, 4.69) is 29.8 Å². The molecule has 1 aliphatic carbocycles. The van der Waals surface area contributed by atoms with Gasteiger partial charge >= 0.3 is 0 Å². The number of fused-ring (bicyclic) bond motifs is 1. The third-order valence-electron chi connectivity index (χ3n) is 6.54. The highest BCUT2D eigenvalue weighted by atomic mass is 32.1. The van der Waals surface area contributed by atoms with E-state index in [1.54, 1.807) is 11.3 Å². The van der Waals surface area contributed by atoms with Gasteiger partial charge in [0.15, 0.2) is 5.69 Å². The molecule has 0 spiro atoms. The third kappa shape index (κ3) is 4.88. The van der Waals surface area contributed by atoms with Crippen molar-refractivity contribution in [2.45, 2.75) is 45.2 Å². The molecule has 3 heterocycles. The number of benzene rings is 1. The number of amides is 1. The fourth-order valence-corrected chi connectivity index (χ4v) is 5.57. The Labute approximate surface area is 198 Å². The van der Waals surface area contributed by atoms with Crippen molar-refractivity contribution in [3.63, 3.8) is 0 Å². The Bertz CT molecular complexity index is 1090. The highest BCUT2D eigenvalue weighted by molar-refractivity contribution is 7.09. The Balaban J connectivity index is 1.21. The fraction of sp³-hybridized carbons (Fsp3) is 0.480. The summed E-state index contributed by atoms with van der Waals surface area (Å²) in [7, 11) is 0. The van der Waals surface area contributed by atoms with Gasteiger partial charge in [0.1, 0.15) is 0 Å². The molecule has 1 N–H and O–H groups in total. The first-order chi connectivity index (χ1) is 16.2. The van der Waals surface area contributed by atoms with Crippen LogP contribution < -0.4 is 5.32 Å². The van der Waals surface area contributed by atoms with Crippen LogP contribution in [0.15, 0.2) is 35.7 Å². The molecule has 1 aromatic carbocycles. The molecule has 2 aliphatic rings. The van der Waals surface area contributed by atoms with Crippen LogP contribution in [0.2, 0.25) is 0 Å². The zero-order chi connectivity index (χ0) is 22.6. The summed E-state index contributed by atoms with van der Waals surface area (Å²) in [6.45, 7) is 6.28. The summed E-state index contributed by atoms with van der Waals surface area (Å²) in [5, 5.41) is 11.7. The van der Waals surface area contributed by atoms with Crippen LogP contribution in [0, 0.1) is 0 Å². The molecule has 7 nitrogen and oxygen atoms in total. The Hall–Kier alpha value is -2.55. The standard InChI is InChI=1S/C25H31N5O2S/c1-2-30-22-9-8-19(16-20(22)24(28-30)25(31)29-12-14-32-15-13-29)26-11-10-23-27-21(17-33-23)18-6-4-3-5-7-18/h3-7,17,19,26H,2,8-16H2,1H3. The second-order valence-electron chi connectivity index (χ2n) is 8.63. The number of hydrogen-bond donors (Lipinski definition) is 1. The number of nitrogens with one attached hydrogen (secondary N) is 1. The number of aryl methyl sites for hydroxylation is 1. The number of thiazole rings is 1. The highest BCUT2D eigenvalue weighted by Crippen LogP contribution is 2.27. The fourth-order valence-electron chi connectivity index (χ4n) is 4.76. The van der Waals surface area contributed by atoms with Crippen molar-refractivity contribution >= 4 is 17.2 Å². The number of rotatable bonds is 7. The maximum Gasteiger partial charge on any atom is 0.274 e. The minimum atomic E-state index is 0.0543. The van der Waals surface area contributed by atoms with Crippen LogP contribution in [-0.4, -0.2) is 64.5 Å². The van der Waals surface area contributed by atoms with Crippen LogP contribution in [0.4, 0.5) is 0 Å². The number of hydrogen-bond acceptors (Lipinski definition) is 6. The predicted molar refractivity (Wildman–Crippen MR) is 130 cm³/mol. The first kappa shape index (κ1) is 22.3. The smallest absolute Gasteiger partial charge is 0.274 e. The summed E-state index contributed by atoms with van der Waals surface area (Å²) in [6, 6.07) is 10.7. The molecule has 1 amide bonds. The molecule has 1 atom stereocenters. The zero-order valence-corrected chi connectivity index (χ0v) is 19.9. The summed E-state index contributed by atoms with van der Waals surface area (Å²) in [6.07, 6.45) is 3.79. The van der Waals surface area contributed by atoms with Crippen molar-refractivity contribution in [2.75, 3.05) is 32.8 Å². The molecule has 0 radical (unpaired) electrons. The molecule has 1 saturated heterocycles. The van der Waals surface area contributed by atoms with Gasteiger partial charge < -0.3 is 15.0 Å². The summed E-state index contributed by atoms with van der Waals surface area (Å²) in [4.78, 5) is 19.9. The molecule has 1 fully saturated rings. The van der Waals surface area contributed by atoms with Crippen LogP contribution >= 0.6 is 11.3 Å². The van der Waals surface area contributed by atoms with Crippen molar-refractivity contribution in [3.05, 3.63) is 57.7 Å². The minimum Gasteiger partial charge on any atom is -0.378 e. The van der Waals surface area contributed by atoms with E-state index in [4.69, 9.17) is 14.8 Å². The predicted octanol–water partition coefficient (Wildman–Crippen LogP) is 3.19. The van der Waals surface area contributed by atoms with Gasteiger partial charge in [0.25, 0.3) is 5.91 Å². The van der Waals surface area contributed by atoms with Crippen molar-refractivity contribution < 1.29 is 9.53 Å². The SMILES string of the molecule is CCn1nc(C(=O)N2CCOCC2)c2c1CCC(NCCc1nc(-c3ccccc3)cs1)C2. The molecule has 33 heavy (non-hydrogen) atoms. The van der Waals surface area contributed by atoms with Gasteiger partial charge in [-0.3, -0.25) is 9.48 Å². The molecule has 2 aromatic heterocycles. The Kier molecular flexibility index (Phi) is 6.85. The average Bonchev–Trinajstić information content (AvgIpc) is 3.49. The average molecular weight is 466 g/mol. The largest absolute Gasteiger partial charge is 0.378 e. The van der Waals surface area contributed by atoms with Gasteiger partial charge in [0.2, 0.25) is 0 Å². The van der Waals surface area contributed by atoms with E-state index in [0.717, 1.165) is 60.6 Å².